The summed E-state index contributed by atoms with van der Waals surface area (Å²) in [5, 5.41) is 7.48. The molecule has 4 rings (SSSR count). The van der Waals surface area contributed by atoms with E-state index < -0.39 is 17.4 Å². The third-order valence-corrected chi connectivity index (χ3v) is 5.20. The molecule has 0 radical (unpaired) electrons. The Bertz CT molecular complexity index is 1160. The molecule has 1 N–H and O–H groups in total. The Labute approximate surface area is 180 Å². The highest BCUT2D eigenvalue weighted by atomic mass is 35.5. The average Bonchev–Trinajstić information content (AvgIpc) is 3.52. The van der Waals surface area contributed by atoms with Gasteiger partial charge in [-0.25, -0.2) is 9.48 Å². The van der Waals surface area contributed by atoms with E-state index >= 15 is 0 Å². The fraction of sp³-hybridized carbons (Fsp3) is 0.286. The molecule has 2 aromatic carbocycles. The van der Waals surface area contributed by atoms with E-state index in [1.54, 1.807) is 24.3 Å². The fourth-order valence-electron chi connectivity index (χ4n) is 3.24. The first-order valence-electron chi connectivity index (χ1n) is 9.65. The van der Waals surface area contributed by atoms with E-state index in [9.17, 15) is 22.8 Å². The van der Waals surface area contributed by atoms with E-state index in [0.717, 1.165) is 25.0 Å². The van der Waals surface area contributed by atoms with Crippen molar-refractivity contribution in [1.82, 2.24) is 19.7 Å². The lowest BCUT2D eigenvalue weighted by molar-refractivity contribution is -0.137. The Morgan fingerprint density at radius 3 is 2.52 bits per heavy atom. The van der Waals surface area contributed by atoms with Gasteiger partial charge in [0, 0.05) is 28.7 Å². The predicted molar refractivity (Wildman–Crippen MR) is 109 cm³/mol. The first-order chi connectivity index (χ1) is 14.7. The summed E-state index contributed by atoms with van der Waals surface area (Å²) in [5.41, 5.74) is -0.562. The van der Waals surface area contributed by atoms with Gasteiger partial charge in [0.1, 0.15) is 0 Å². The van der Waals surface area contributed by atoms with Crippen LogP contribution in [0.4, 0.5) is 13.2 Å². The lowest BCUT2D eigenvalue weighted by atomic mass is 10.1. The molecule has 0 saturated heterocycles. The van der Waals surface area contributed by atoms with E-state index in [1.807, 2.05) is 0 Å². The number of carbonyl (C=O) groups is 1. The number of rotatable bonds is 6. The minimum absolute atomic E-state index is 0.0746. The van der Waals surface area contributed by atoms with Gasteiger partial charge in [-0.15, -0.1) is 5.10 Å². The predicted octanol–water partition coefficient (Wildman–Crippen LogP) is 4.15. The van der Waals surface area contributed by atoms with E-state index in [0.29, 0.717) is 10.6 Å². The number of halogens is 4. The van der Waals surface area contributed by atoms with Crippen molar-refractivity contribution in [3.8, 4) is 11.4 Å². The van der Waals surface area contributed by atoms with Gasteiger partial charge in [0.25, 0.3) is 5.91 Å². The summed E-state index contributed by atoms with van der Waals surface area (Å²) in [6, 6.07) is 11.1. The second kappa shape index (κ2) is 8.22. The Balaban J connectivity index is 1.54. The topological polar surface area (TPSA) is 68.9 Å². The van der Waals surface area contributed by atoms with E-state index in [4.69, 9.17) is 11.6 Å². The highest BCUT2D eigenvalue weighted by Gasteiger charge is 2.33. The van der Waals surface area contributed by atoms with Crippen molar-refractivity contribution < 1.29 is 18.0 Å². The number of aromatic nitrogens is 3. The minimum atomic E-state index is -4.49. The molecule has 1 amide bonds. The van der Waals surface area contributed by atoms with Crippen LogP contribution in [0.2, 0.25) is 5.02 Å². The molecule has 0 unspecified atom stereocenters. The Morgan fingerprint density at radius 2 is 1.87 bits per heavy atom. The zero-order valence-electron chi connectivity index (χ0n) is 16.2. The molecule has 0 bridgehead atoms. The highest BCUT2D eigenvalue weighted by molar-refractivity contribution is 6.30. The number of nitrogens with one attached hydrogen (secondary N) is 1. The van der Waals surface area contributed by atoms with Gasteiger partial charge in [-0.3, -0.25) is 9.36 Å². The van der Waals surface area contributed by atoms with Crippen LogP contribution in [0.1, 0.15) is 34.8 Å². The summed E-state index contributed by atoms with van der Waals surface area (Å²) in [5.74, 6) is -0.132. The van der Waals surface area contributed by atoms with Crippen LogP contribution in [0.25, 0.3) is 11.4 Å². The summed E-state index contributed by atoms with van der Waals surface area (Å²) < 4.78 is 41.9. The minimum Gasteiger partial charge on any atom is -0.350 e. The zero-order chi connectivity index (χ0) is 22.2. The van der Waals surface area contributed by atoms with Crippen LogP contribution in [0.3, 0.4) is 0 Å². The molecule has 6 nitrogen and oxygen atoms in total. The van der Waals surface area contributed by atoms with Crippen molar-refractivity contribution in [2.45, 2.75) is 31.6 Å². The van der Waals surface area contributed by atoms with Gasteiger partial charge >= 0.3 is 11.9 Å². The van der Waals surface area contributed by atoms with Crippen molar-refractivity contribution in [3.63, 3.8) is 0 Å². The molecule has 1 aliphatic rings. The van der Waals surface area contributed by atoms with Gasteiger partial charge in [-0.2, -0.15) is 13.2 Å². The second-order valence-electron chi connectivity index (χ2n) is 7.27. The fourth-order valence-corrected chi connectivity index (χ4v) is 3.36. The molecule has 1 heterocycles. The number of carbonyl (C=O) groups excluding carboxylic acids is 1. The molecule has 31 heavy (non-hydrogen) atoms. The molecule has 3 aromatic rings. The van der Waals surface area contributed by atoms with Crippen molar-refractivity contribution in [2.24, 2.45) is 0 Å². The maximum atomic E-state index is 13.1. The maximum Gasteiger partial charge on any atom is 0.416 e. The molecule has 162 valence electrons. The molecule has 0 spiro atoms. The lowest BCUT2D eigenvalue weighted by Crippen LogP contribution is -2.32. The van der Waals surface area contributed by atoms with Crippen molar-refractivity contribution >= 4 is 17.5 Å². The van der Waals surface area contributed by atoms with Crippen LogP contribution in [0.15, 0.2) is 53.3 Å². The van der Waals surface area contributed by atoms with E-state index in [2.05, 4.69) is 10.4 Å². The molecular weight excluding hydrogens is 433 g/mol. The maximum absolute atomic E-state index is 13.1. The number of alkyl halides is 3. The second-order valence-corrected chi connectivity index (χ2v) is 7.71. The van der Waals surface area contributed by atoms with Crippen LogP contribution in [0, 0.1) is 0 Å². The van der Waals surface area contributed by atoms with Gasteiger partial charge in [0.2, 0.25) is 0 Å². The van der Waals surface area contributed by atoms with Crippen molar-refractivity contribution in [3.05, 3.63) is 75.2 Å². The first kappa shape index (κ1) is 21.2. The average molecular weight is 451 g/mol. The van der Waals surface area contributed by atoms with Crippen LogP contribution < -0.4 is 11.0 Å². The summed E-state index contributed by atoms with van der Waals surface area (Å²) in [7, 11) is 0. The van der Waals surface area contributed by atoms with Crippen LogP contribution in [-0.2, 0) is 12.7 Å². The van der Waals surface area contributed by atoms with E-state index in [1.165, 1.54) is 21.4 Å². The molecule has 1 aromatic heterocycles. The third-order valence-electron chi connectivity index (χ3n) is 4.95. The Morgan fingerprint density at radius 1 is 1.16 bits per heavy atom. The number of amides is 1. The van der Waals surface area contributed by atoms with Gasteiger partial charge in [-0.05, 0) is 49.2 Å². The molecule has 0 atom stereocenters. The Kier molecular flexibility index (Phi) is 5.62. The van der Waals surface area contributed by atoms with Crippen molar-refractivity contribution in [2.75, 3.05) is 6.54 Å². The zero-order valence-corrected chi connectivity index (χ0v) is 17.0. The Hall–Kier alpha value is -3.07. The molecular formula is C21H18ClF3N4O2. The van der Waals surface area contributed by atoms with Gasteiger partial charge in [0.15, 0.2) is 5.82 Å². The number of hydrogen-bond acceptors (Lipinski definition) is 3. The van der Waals surface area contributed by atoms with Crippen molar-refractivity contribution in [1.29, 1.82) is 0 Å². The smallest absolute Gasteiger partial charge is 0.350 e. The third kappa shape index (κ3) is 4.66. The summed E-state index contributed by atoms with van der Waals surface area (Å²) in [6.07, 6.45) is -2.95. The monoisotopic (exact) mass is 450 g/mol. The molecule has 0 aliphatic heterocycles. The molecule has 10 heteroatoms. The molecule has 1 saturated carbocycles. The summed E-state index contributed by atoms with van der Waals surface area (Å²) >= 11 is 5.81. The number of nitrogens with zero attached hydrogens (tertiary/aromatic N) is 3. The summed E-state index contributed by atoms with van der Waals surface area (Å²) in [4.78, 5) is 25.0. The highest BCUT2D eigenvalue weighted by Crippen LogP contribution is 2.37. The molecule has 1 fully saturated rings. The summed E-state index contributed by atoms with van der Waals surface area (Å²) in [6.45, 7) is 0.217. The lowest BCUT2D eigenvalue weighted by Gasteiger charge is -2.09. The van der Waals surface area contributed by atoms with Crippen LogP contribution >= 0.6 is 11.6 Å². The van der Waals surface area contributed by atoms with Gasteiger partial charge in [0.05, 0.1) is 12.1 Å². The number of hydrogen-bond donors (Lipinski definition) is 1. The number of benzene rings is 2. The normalized spacial score (nSPS) is 13.9. The standard InChI is InChI=1S/C21H18ClF3N4O2/c22-16-6-4-13(5-7-16)19(30)26-10-11-28-20(31)29(17-8-9-17)18(27-28)14-2-1-3-15(12-14)21(23,24)25/h1-7,12,17H,8-11H2,(H,26,30). The molecule has 1 aliphatic carbocycles. The SMILES string of the molecule is O=C(NCCn1nc(-c2cccc(C(F)(F)F)c2)n(C2CC2)c1=O)c1ccc(Cl)cc1. The van der Waals surface area contributed by atoms with Crippen LogP contribution in [0.5, 0.6) is 0 Å². The van der Waals surface area contributed by atoms with Crippen LogP contribution in [-0.4, -0.2) is 26.8 Å². The van der Waals surface area contributed by atoms with Gasteiger partial charge < -0.3 is 5.32 Å². The largest absolute Gasteiger partial charge is 0.416 e. The quantitative estimate of drug-likeness (QED) is 0.613. The van der Waals surface area contributed by atoms with E-state index in [-0.39, 0.29) is 36.4 Å². The first-order valence-corrected chi connectivity index (χ1v) is 10.0. The van der Waals surface area contributed by atoms with Gasteiger partial charge in [-0.1, -0.05) is 23.7 Å².